The molecule has 2 aromatic rings. The predicted molar refractivity (Wildman–Crippen MR) is 67.3 cm³/mol. The van der Waals surface area contributed by atoms with Gasteiger partial charge in [-0.15, -0.1) is 0 Å². The highest BCUT2D eigenvalue weighted by Crippen LogP contribution is 2.27. The van der Waals surface area contributed by atoms with E-state index in [1.54, 1.807) is 7.11 Å². The van der Waals surface area contributed by atoms with E-state index in [4.69, 9.17) is 4.74 Å². The fourth-order valence-electron chi connectivity index (χ4n) is 1.89. The molecule has 2 rings (SSSR count). The number of hydrogen-bond donors (Lipinski definition) is 0. The first-order chi connectivity index (χ1) is 7.63. The molecule has 0 aliphatic heterocycles. The molecule has 0 unspecified atom stereocenters. The Bertz CT molecular complexity index is 486. The second kappa shape index (κ2) is 5.01. The molecular weight excluding hydrogens is 200 g/mol. The molecule has 0 N–H and O–H groups in total. The summed E-state index contributed by atoms with van der Waals surface area (Å²) in [4.78, 5) is 4.42. The molecule has 0 saturated heterocycles. The van der Waals surface area contributed by atoms with Crippen LogP contribution in [0.25, 0.3) is 5.52 Å². The van der Waals surface area contributed by atoms with E-state index in [1.165, 1.54) is 0 Å². The van der Waals surface area contributed by atoms with Gasteiger partial charge >= 0.3 is 0 Å². The van der Waals surface area contributed by atoms with Crippen LogP contribution in [0.2, 0.25) is 0 Å². The zero-order valence-electron chi connectivity index (χ0n) is 11.0. The van der Waals surface area contributed by atoms with Crippen molar-refractivity contribution in [1.82, 2.24) is 9.38 Å². The summed E-state index contributed by atoms with van der Waals surface area (Å²) in [6.07, 6.45) is 4.08. The van der Waals surface area contributed by atoms with Gasteiger partial charge in [-0.1, -0.05) is 13.8 Å². The molecule has 0 saturated carbocycles. The summed E-state index contributed by atoms with van der Waals surface area (Å²) >= 11 is 0. The minimum absolute atomic E-state index is 0.926. The molecule has 0 fully saturated rings. The van der Waals surface area contributed by atoms with Gasteiger partial charge < -0.3 is 9.14 Å². The molecule has 2 heterocycles. The van der Waals surface area contributed by atoms with Crippen LogP contribution in [-0.2, 0) is 0 Å². The lowest BCUT2D eigenvalue weighted by atomic mass is 10.3. The first-order valence-electron chi connectivity index (χ1n) is 5.63. The lowest BCUT2D eigenvalue weighted by Crippen LogP contribution is -1.94. The minimum Gasteiger partial charge on any atom is -0.494 e. The largest absolute Gasteiger partial charge is 0.494 e. The average molecular weight is 220 g/mol. The molecule has 0 amide bonds. The Morgan fingerprint density at radius 3 is 2.31 bits per heavy atom. The molecule has 3 heteroatoms. The summed E-state index contributed by atoms with van der Waals surface area (Å²) in [6, 6.07) is 0. The summed E-state index contributed by atoms with van der Waals surface area (Å²) in [5, 5.41) is 0. The maximum Gasteiger partial charge on any atom is 0.149 e. The van der Waals surface area contributed by atoms with Gasteiger partial charge in [0.15, 0.2) is 0 Å². The maximum absolute atomic E-state index is 5.36. The highest BCUT2D eigenvalue weighted by molar-refractivity contribution is 5.67. The van der Waals surface area contributed by atoms with Crippen LogP contribution in [0.1, 0.15) is 30.8 Å². The Labute approximate surface area is 97.1 Å². The SMILES string of the molecule is CC.COc1c(C)cn2cc(C)nc(C)c12. The number of fused-ring (bicyclic) bond motifs is 1. The number of ether oxygens (including phenoxy) is 1. The number of methoxy groups -OCH3 is 1. The van der Waals surface area contributed by atoms with Crippen molar-refractivity contribution in [3.63, 3.8) is 0 Å². The second-order valence-corrected chi connectivity index (χ2v) is 3.57. The summed E-state index contributed by atoms with van der Waals surface area (Å²) < 4.78 is 7.43. The van der Waals surface area contributed by atoms with Crippen LogP contribution in [0.3, 0.4) is 0 Å². The van der Waals surface area contributed by atoms with E-state index in [-0.39, 0.29) is 0 Å². The molecule has 3 nitrogen and oxygen atoms in total. The van der Waals surface area contributed by atoms with E-state index >= 15 is 0 Å². The van der Waals surface area contributed by atoms with Crippen LogP contribution >= 0.6 is 0 Å². The number of nitrogens with zero attached hydrogens (tertiary/aromatic N) is 2. The smallest absolute Gasteiger partial charge is 0.149 e. The van der Waals surface area contributed by atoms with E-state index in [2.05, 4.69) is 15.6 Å². The number of aryl methyl sites for hydroxylation is 3. The summed E-state index contributed by atoms with van der Waals surface area (Å²) in [7, 11) is 1.70. The first-order valence-corrected chi connectivity index (χ1v) is 5.63. The lowest BCUT2D eigenvalue weighted by Gasteiger charge is -2.03. The Morgan fingerprint density at radius 2 is 1.75 bits per heavy atom. The van der Waals surface area contributed by atoms with Crippen molar-refractivity contribution in [2.45, 2.75) is 34.6 Å². The Hall–Kier alpha value is -1.51. The monoisotopic (exact) mass is 220 g/mol. The summed E-state index contributed by atoms with van der Waals surface area (Å²) in [5.41, 5.74) is 4.24. The fourth-order valence-corrected chi connectivity index (χ4v) is 1.89. The molecule has 0 spiro atoms. The van der Waals surface area contributed by atoms with Crippen molar-refractivity contribution in [3.05, 3.63) is 29.3 Å². The summed E-state index contributed by atoms with van der Waals surface area (Å²) in [5.74, 6) is 0.926. The van der Waals surface area contributed by atoms with Crippen molar-refractivity contribution < 1.29 is 4.74 Å². The Morgan fingerprint density at radius 1 is 1.12 bits per heavy atom. The van der Waals surface area contributed by atoms with Gasteiger partial charge in [0.05, 0.1) is 18.5 Å². The molecule has 16 heavy (non-hydrogen) atoms. The zero-order chi connectivity index (χ0) is 12.3. The quantitative estimate of drug-likeness (QED) is 0.737. The third kappa shape index (κ3) is 2.03. The van der Waals surface area contributed by atoms with E-state index in [0.717, 1.165) is 28.2 Å². The predicted octanol–water partition coefficient (Wildman–Crippen LogP) is 3.29. The van der Waals surface area contributed by atoms with E-state index in [1.807, 2.05) is 40.8 Å². The number of aromatic nitrogens is 2. The highest BCUT2D eigenvalue weighted by Gasteiger charge is 2.10. The van der Waals surface area contributed by atoms with Crippen LogP contribution < -0.4 is 4.74 Å². The number of rotatable bonds is 1. The second-order valence-electron chi connectivity index (χ2n) is 3.57. The van der Waals surface area contributed by atoms with Crippen molar-refractivity contribution in [2.75, 3.05) is 7.11 Å². The molecule has 0 aliphatic carbocycles. The molecular formula is C13H20N2O. The normalized spacial score (nSPS) is 9.88. The average Bonchev–Trinajstić information content (AvgIpc) is 2.56. The standard InChI is InChI=1S/C11H14N2O.C2H6/c1-7-5-13-6-8(2)12-9(3)10(13)11(7)14-4;1-2/h5-6H,1-4H3;1-2H3. The van der Waals surface area contributed by atoms with Crippen LogP contribution in [0, 0.1) is 20.8 Å². The molecule has 0 radical (unpaired) electrons. The van der Waals surface area contributed by atoms with Gasteiger partial charge in [-0.3, -0.25) is 4.98 Å². The van der Waals surface area contributed by atoms with Gasteiger partial charge in [-0.25, -0.2) is 0 Å². The summed E-state index contributed by atoms with van der Waals surface area (Å²) in [6.45, 7) is 10.0. The minimum atomic E-state index is 0.926. The van der Waals surface area contributed by atoms with Gasteiger partial charge in [-0.2, -0.15) is 0 Å². The van der Waals surface area contributed by atoms with Gasteiger partial charge in [0, 0.05) is 18.0 Å². The van der Waals surface area contributed by atoms with Crippen molar-refractivity contribution in [1.29, 1.82) is 0 Å². The Kier molecular flexibility index (Phi) is 3.93. The maximum atomic E-state index is 5.36. The van der Waals surface area contributed by atoms with Crippen molar-refractivity contribution >= 4 is 5.52 Å². The van der Waals surface area contributed by atoms with Gasteiger partial charge in [0.2, 0.25) is 0 Å². The highest BCUT2D eigenvalue weighted by atomic mass is 16.5. The van der Waals surface area contributed by atoms with Crippen LogP contribution in [0.4, 0.5) is 0 Å². The van der Waals surface area contributed by atoms with Gasteiger partial charge in [-0.05, 0) is 20.8 Å². The Balaban J connectivity index is 0.000000606. The third-order valence-corrected chi connectivity index (χ3v) is 2.38. The van der Waals surface area contributed by atoms with Gasteiger partial charge in [0.25, 0.3) is 0 Å². The zero-order valence-corrected chi connectivity index (χ0v) is 11.0. The fraction of sp³-hybridized carbons (Fsp3) is 0.462. The molecule has 2 aromatic heterocycles. The van der Waals surface area contributed by atoms with Gasteiger partial charge in [0.1, 0.15) is 11.3 Å². The van der Waals surface area contributed by atoms with Crippen molar-refractivity contribution in [3.8, 4) is 5.75 Å². The molecule has 0 aromatic carbocycles. The molecule has 0 aliphatic rings. The van der Waals surface area contributed by atoms with Crippen LogP contribution in [-0.4, -0.2) is 16.5 Å². The third-order valence-electron chi connectivity index (χ3n) is 2.38. The first kappa shape index (κ1) is 12.6. The topological polar surface area (TPSA) is 26.5 Å². The molecule has 0 atom stereocenters. The van der Waals surface area contributed by atoms with Crippen LogP contribution in [0.5, 0.6) is 5.75 Å². The van der Waals surface area contributed by atoms with E-state index < -0.39 is 0 Å². The van der Waals surface area contributed by atoms with E-state index in [9.17, 15) is 0 Å². The molecule has 88 valence electrons. The van der Waals surface area contributed by atoms with Crippen molar-refractivity contribution in [2.24, 2.45) is 0 Å². The molecule has 0 bridgehead atoms. The van der Waals surface area contributed by atoms with E-state index in [0.29, 0.717) is 0 Å². The lowest BCUT2D eigenvalue weighted by molar-refractivity contribution is 0.417. The van der Waals surface area contributed by atoms with Crippen LogP contribution in [0.15, 0.2) is 12.4 Å². The number of hydrogen-bond acceptors (Lipinski definition) is 2.